The molecule has 0 amide bonds. The van der Waals surface area contributed by atoms with Gasteiger partial charge >= 0.3 is 4.87 Å². The van der Waals surface area contributed by atoms with Crippen molar-refractivity contribution in [2.75, 3.05) is 5.75 Å². The summed E-state index contributed by atoms with van der Waals surface area (Å²) in [4.78, 5) is 11.7. The first-order valence-corrected chi connectivity index (χ1v) is 7.99. The van der Waals surface area contributed by atoms with Crippen molar-refractivity contribution in [3.05, 3.63) is 56.1 Å². The van der Waals surface area contributed by atoms with Crippen LogP contribution in [0.4, 0.5) is 0 Å². The Morgan fingerprint density at radius 2 is 2.06 bits per heavy atom. The molecule has 18 heavy (non-hydrogen) atoms. The monoisotopic (exact) mass is 279 g/mol. The summed E-state index contributed by atoms with van der Waals surface area (Å²) in [6, 6.07) is 8.46. The van der Waals surface area contributed by atoms with Crippen LogP contribution in [0.15, 0.2) is 34.4 Å². The lowest BCUT2D eigenvalue weighted by Gasteiger charge is -2.06. The molecule has 0 aliphatic heterocycles. The van der Waals surface area contributed by atoms with Gasteiger partial charge in [-0.05, 0) is 25.0 Å². The van der Waals surface area contributed by atoms with Crippen molar-refractivity contribution in [2.24, 2.45) is 0 Å². The predicted octanol–water partition coefficient (Wildman–Crippen LogP) is 3.46. The molecule has 2 aromatic rings. The Bertz CT molecular complexity index is 571. The fraction of sp³-hybridized carbons (Fsp3) is 0.357. The SMILES string of the molecule is Cc1ccccc1CSCCn1c(C)csc1=O. The lowest BCUT2D eigenvalue weighted by atomic mass is 10.1. The quantitative estimate of drug-likeness (QED) is 0.782. The Labute approximate surface area is 116 Å². The van der Waals surface area contributed by atoms with Crippen LogP contribution in [0.2, 0.25) is 0 Å². The van der Waals surface area contributed by atoms with Crippen LogP contribution in [0.25, 0.3) is 0 Å². The molecular formula is C14H17NOS2. The van der Waals surface area contributed by atoms with Gasteiger partial charge in [-0.25, -0.2) is 0 Å². The molecule has 4 heteroatoms. The van der Waals surface area contributed by atoms with Gasteiger partial charge in [0.15, 0.2) is 0 Å². The summed E-state index contributed by atoms with van der Waals surface area (Å²) in [6.45, 7) is 4.94. The summed E-state index contributed by atoms with van der Waals surface area (Å²) in [5.74, 6) is 2.00. The van der Waals surface area contributed by atoms with Gasteiger partial charge in [-0.1, -0.05) is 35.6 Å². The highest BCUT2D eigenvalue weighted by atomic mass is 32.2. The zero-order valence-corrected chi connectivity index (χ0v) is 12.3. The lowest BCUT2D eigenvalue weighted by molar-refractivity contribution is 0.731. The highest BCUT2D eigenvalue weighted by Crippen LogP contribution is 2.16. The van der Waals surface area contributed by atoms with Gasteiger partial charge < -0.3 is 4.57 Å². The molecule has 0 atom stereocenters. The second kappa shape index (κ2) is 6.25. The van der Waals surface area contributed by atoms with E-state index in [1.165, 1.54) is 22.5 Å². The number of aryl methyl sites for hydroxylation is 2. The fourth-order valence-corrected chi connectivity index (χ4v) is 3.55. The number of thiazole rings is 1. The van der Waals surface area contributed by atoms with Gasteiger partial charge in [0.1, 0.15) is 0 Å². The Kier molecular flexibility index (Phi) is 4.66. The zero-order chi connectivity index (χ0) is 13.0. The normalized spacial score (nSPS) is 10.8. The minimum Gasteiger partial charge on any atom is -0.303 e. The van der Waals surface area contributed by atoms with E-state index in [4.69, 9.17) is 0 Å². The van der Waals surface area contributed by atoms with Crippen molar-refractivity contribution in [1.82, 2.24) is 4.57 Å². The minimum atomic E-state index is 0.156. The summed E-state index contributed by atoms with van der Waals surface area (Å²) in [7, 11) is 0. The first-order chi connectivity index (χ1) is 8.68. The van der Waals surface area contributed by atoms with E-state index in [1.807, 2.05) is 28.6 Å². The van der Waals surface area contributed by atoms with Crippen molar-refractivity contribution < 1.29 is 0 Å². The molecule has 96 valence electrons. The van der Waals surface area contributed by atoms with Gasteiger partial charge in [-0.2, -0.15) is 11.8 Å². The number of benzene rings is 1. The molecular weight excluding hydrogens is 262 g/mol. The van der Waals surface area contributed by atoms with Crippen molar-refractivity contribution in [1.29, 1.82) is 0 Å². The first kappa shape index (κ1) is 13.4. The maximum atomic E-state index is 11.5. The smallest absolute Gasteiger partial charge is 0.303 e. The number of hydrogen-bond donors (Lipinski definition) is 0. The third kappa shape index (κ3) is 3.27. The largest absolute Gasteiger partial charge is 0.307 e. The van der Waals surface area contributed by atoms with E-state index >= 15 is 0 Å². The van der Waals surface area contributed by atoms with Crippen LogP contribution in [-0.2, 0) is 12.3 Å². The minimum absolute atomic E-state index is 0.156. The number of rotatable bonds is 5. The topological polar surface area (TPSA) is 22.0 Å². The van der Waals surface area contributed by atoms with Crippen LogP contribution in [0.3, 0.4) is 0 Å². The van der Waals surface area contributed by atoms with Crippen LogP contribution in [-0.4, -0.2) is 10.3 Å². The van der Waals surface area contributed by atoms with E-state index in [0.29, 0.717) is 0 Å². The van der Waals surface area contributed by atoms with Gasteiger partial charge in [0, 0.05) is 29.1 Å². The first-order valence-electron chi connectivity index (χ1n) is 5.95. The van der Waals surface area contributed by atoms with Crippen LogP contribution < -0.4 is 4.87 Å². The van der Waals surface area contributed by atoms with E-state index in [9.17, 15) is 4.79 Å². The summed E-state index contributed by atoms with van der Waals surface area (Å²) in [5.41, 5.74) is 3.80. The highest BCUT2D eigenvalue weighted by Gasteiger charge is 2.02. The maximum Gasteiger partial charge on any atom is 0.307 e. The third-order valence-electron chi connectivity index (χ3n) is 2.95. The summed E-state index contributed by atoms with van der Waals surface area (Å²) in [5, 5.41) is 1.92. The standard InChI is InChI=1S/C14H17NOS2/c1-11-5-3-4-6-13(11)10-17-8-7-15-12(2)9-18-14(15)16/h3-6,9H,7-8,10H2,1-2H3. The zero-order valence-electron chi connectivity index (χ0n) is 10.7. The van der Waals surface area contributed by atoms with Gasteiger partial charge in [0.05, 0.1) is 0 Å². The Hall–Kier alpha value is -1.00. The van der Waals surface area contributed by atoms with Crippen LogP contribution >= 0.6 is 23.1 Å². The molecule has 0 aliphatic carbocycles. The second-order valence-electron chi connectivity index (χ2n) is 4.27. The molecule has 1 aromatic carbocycles. The number of nitrogens with zero attached hydrogens (tertiary/aromatic N) is 1. The van der Waals surface area contributed by atoms with E-state index in [-0.39, 0.29) is 4.87 Å². The number of thioether (sulfide) groups is 1. The average molecular weight is 279 g/mol. The van der Waals surface area contributed by atoms with Crippen LogP contribution in [0.1, 0.15) is 16.8 Å². The molecule has 0 saturated heterocycles. The fourth-order valence-electron chi connectivity index (χ4n) is 1.78. The summed E-state index contributed by atoms with van der Waals surface area (Å²) in [6.07, 6.45) is 0. The number of hydrogen-bond acceptors (Lipinski definition) is 3. The third-order valence-corrected chi connectivity index (χ3v) is 4.82. The van der Waals surface area contributed by atoms with Gasteiger partial charge in [-0.3, -0.25) is 4.79 Å². The molecule has 1 aromatic heterocycles. The van der Waals surface area contributed by atoms with E-state index in [1.54, 1.807) is 0 Å². The Morgan fingerprint density at radius 3 is 2.72 bits per heavy atom. The maximum absolute atomic E-state index is 11.5. The predicted molar refractivity (Wildman–Crippen MR) is 80.7 cm³/mol. The molecule has 0 N–H and O–H groups in total. The van der Waals surface area contributed by atoms with Crippen LogP contribution in [0.5, 0.6) is 0 Å². The molecule has 0 unspecified atom stereocenters. The molecule has 0 radical (unpaired) electrons. The molecule has 0 aliphatic rings. The molecule has 0 bridgehead atoms. The summed E-state index contributed by atoms with van der Waals surface area (Å²) >= 11 is 3.17. The van der Waals surface area contributed by atoms with E-state index < -0.39 is 0 Å². The van der Waals surface area contributed by atoms with Crippen LogP contribution in [0, 0.1) is 13.8 Å². The molecule has 0 saturated carbocycles. The Morgan fingerprint density at radius 1 is 1.28 bits per heavy atom. The lowest BCUT2D eigenvalue weighted by Crippen LogP contribution is -2.15. The molecule has 2 rings (SSSR count). The molecule has 0 spiro atoms. The Balaban J connectivity index is 1.84. The van der Waals surface area contributed by atoms with E-state index in [2.05, 4.69) is 31.2 Å². The van der Waals surface area contributed by atoms with Crippen molar-refractivity contribution in [3.8, 4) is 0 Å². The van der Waals surface area contributed by atoms with Crippen molar-refractivity contribution in [2.45, 2.75) is 26.1 Å². The van der Waals surface area contributed by atoms with Crippen molar-refractivity contribution in [3.63, 3.8) is 0 Å². The second-order valence-corrected chi connectivity index (χ2v) is 6.20. The summed E-state index contributed by atoms with van der Waals surface area (Å²) < 4.78 is 1.86. The molecule has 2 nitrogen and oxygen atoms in total. The van der Waals surface area contributed by atoms with Crippen molar-refractivity contribution >= 4 is 23.1 Å². The van der Waals surface area contributed by atoms with E-state index in [0.717, 1.165) is 23.7 Å². The molecule has 0 fully saturated rings. The number of aromatic nitrogens is 1. The van der Waals surface area contributed by atoms with Gasteiger partial charge in [0.2, 0.25) is 0 Å². The van der Waals surface area contributed by atoms with Gasteiger partial charge in [-0.15, -0.1) is 0 Å². The average Bonchev–Trinajstić information content (AvgIpc) is 2.67. The van der Waals surface area contributed by atoms with Gasteiger partial charge in [0.25, 0.3) is 0 Å². The molecule has 1 heterocycles. The highest BCUT2D eigenvalue weighted by molar-refractivity contribution is 7.98.